The van der Waals surface area contributed by atoms with Crippen LogP contribution in [0.25, 0.3) is 0 Å². The number of carbonyl (C=O) groups is 1. The molecule has 0 aliphatic carbocycles. The average Bonchev–Trinajstić information content (AvgIpc) is 2.82. The number of hydrogen-bond acceptors (Lipinski definition) is 6. The second-order valence-corrected chi connectivity index (χ2v) is 5.11. The summed E-state index contributed by atoms with van der Waals surface area (Å²) in [5.41, 5.74) is 6.28. The fraction of sp³-hybridized carbons (Fsp3) is 0.357. The molecule has 3 rings (SSSR count). The molecule has 0 aromatic carbocycles. The molecule has 1 aliphatic heterocycles. The van der Waals surface area contributed by atoms with Gasteiger partial charge in [-0.1, -0.05) is 5.16 Å². The van der Waals surface area contributed by atoms with Crippen molar-refractivity contribution in [3.8, 4) is 5.75 Å². The summed E-state index contributed by atoms with van der Waals surface area (Å²) >= 11 is 0. The number of hydrogen-bond donors (Lipinski definition) is 1. The lowest BCUT2D eigenvalue weighted by Gasteiger charge is -2.38. The summed E-state index contributed by atoms with van der Waals surface area (Å²) in [6, 6.07) is 5.20. The second kappa shape index (κ2) is 5.53. The van der Waals surface area contributed by atoms with E-state index in [0.29, 0.717) is 5.75 Å². The van der Waals surface area contributed by atoms with Crippen LogP contribution in [0.5, 0.6) is 5.75 Å². The molecule has 0 bridgehead atoms. The van der Waals surface area contributed by atoms with Crippen molar-refractivity contribution in [1.82, 2.24) is 15.0 Å². The van der Waals surface area contributed by atoms with Gasteiger partial charge in [0.2, 0.25) is 0 Å². The number of aromatic nitrogens is 2. The molecule has 1 fully saturated rings. The van der Waals surface area contributed by atoms with Crippen LogP contribution < -0.4 is 10.5 Å². The van der Waals surface area contributed by atoms with Crippen molar-refractivity contribution in [3.63, 3.8) is 0 Å². The van der Waals surface area contributed by atoms with Gasteiger partial charge in [-0.25, -0.2) is 0 Å². The van der Waals surface area contributed by atoms with Crippen molar-refractivity contribution >= 4 is 5.91 Å². The minimum absolute atomic E-state index is 0.0946. The highest BCUT2D eigenvalue weighted by Crippen LogP contribution is 2.20. The van der Waals surface area contributed by atoms with Crippen LogP contribution in [0.2, 0.25) is 0 Å². The first-order chi connectivity index (χ1) is 10.1. The summed E-state index contributed by atoms with van der Waals surface area (Å²) in [7, 11) is 0. The molecule has 0 saturated carbocycles. The van der Waals surface area contributed by atoms with Gasteiger partial charge in [0.05, 0.1) is 12.2 Å². The molecule has 1 amide bonds. The summed E-state index contributed by atoms with van der Waals surface area (Å²) in [5, 5.41) is 3.86. The van der Waals surface area contributed by atoms with Gasteiger partial charge in [-0.3, -0.25) is 14.7 Å². The lowest BCUT2D eigenvalue weighted by molar-refractivity contribution is 0.00955. The van der Waals surface area contributed by atoms with E-state index < -0.39 is 5.91 Å². The largest absolute Gasteiger partial charge is 0.488 e. The molecule has 110 valence electrons. The van der Waals surface area contributed by atoms with Crippen molar-refractivity contribution in [2.45, 2.75) is 19.6 Å². The highest BCUT2D eigenvalue weighted by atomic mass is 16.5. The van der Waals surface area contributed by atoms with Crippen LogP contribution in [0, 0.1) is 6.92 Å². The van der Waals surface area contributed by atoms with Gasteiger partial charge in [0, 0.05) is 31.4 Å². The number of aryl methyl sites for hydroxylation is 1. The number of ether oxygens (including phenoxy) is 1. The Morgan fingerprint density at radius 3 is 3.00 bits per heavy atom. The lowest BCUT2D eigenvalue weighted by atomic mass is 10.1. The Bertz CT molecular complexity index is 649. The molecule has 1 aliphatic rings. The average molecular weight is 288 g/mol. The number of pyridine rings is 1. The van der Waals surface area contributed by atoms with Crippen LogP contribution in [-0.4, -0.2) is 40.1 Å². The standard InChI is InChI=1S/C14H16N4O3/c1-9-4-11(21-17-9)6-18-7-12(8-18)20-10-2-3-16-13(5-10)14(15)19/h2-5,12H,6-8H2,1H3,(H2,15,19). The highest BCUT2D eigenvalue weighted by Gasteiger charge is 2.29. The van der Waals surface area contributed by atoms with Crippen molar-refractivity contribution in [1.29, 1.82) is 0 Å². The Morgan fingerprint density at radius 1 is 1.52 bits per heavy atom. The van der Waals surface area contributed by atoms with Gasteiger partial charge < -0.3 is 15.0 Å². The van der Waals surface area contributed by atoms with Gasteiger partial charge in [-0.2, -0.15) is 0 Å². The van der Waals surface area contributed by atoms with Crippen LogP contribution in [-0.2, 0) is 6.54 Å². The van der Waals surface area contributed by atoms with E-state index in [1.807, 2.05) is 13.0 Å². The minimum Gasteiger partial charge on any atom is -0.488 e. The smallest absolute Gasteiger partial charge is 0.267 e. The first kappa shape index (κ1) is 13.6. The van der Waals surface area contributed by atoms with Gasteiger partial charge in [-0.05, 0) is 13.0 Å². The van der Waals surface area contributed by atoms with Gasteiger partial charge >= 0.3 is 0 Å². The van der Waals surface area contributed by atoms with E-state index in [9.17, 15) is 4.79 Å². The maximum absolute atomic E-state index is 11.1. The zero-order chi connectivity index (χ0) is 14.8. The van der Waals surface area contributed by atoms with Gasteiger partial charge in [0.1, 0.15) is 17.5 Å². The van der Waals surface area contributed by atoms with E-state index in [4.69, 9.17) is 15.0 Å². The fourth-order valence-electron chi connectivity index (χ4n) is 2.25. The summed E-state index contributed by atoms with van der Waals surface area (Å²) in [6.45, 7) is 4.22. The molecule has 2 aromatic heterocycles. The van der Waals surface area contributed by atoms with E-state index in [2.05, 4.69) is 15.0 Å². The number of nitrogens with zero attached hydrogens (tertiary/aromatic N) is 3. The molecule has 7 heteroatoms. The van der Waals surface area contributed by atoms with Crippen LogP contribution >= 0.6 is 0 Å². The summed E-state index contributed by atoms with van der Waals surface area (Å²) < 4.78 is 11.0. The molecular weight excluding hydrogens is 272 g/mol. The Balaban J connectivity index is 1.50. The fourth-order valence-corrected chi connectivity index (χ4v) is 2.25. The van der Waals surface area contributed by atoms with Gasteiger partial charge in [0.15, 0.2) is 5.76 Å². The predicted octanol–water partition coefficient (Wildman–Crippen LogP) is 0.740. The number of carbonyl (C=O) groups excluding carboxylic acids is 1. The van der Waals surface area contributed by atoms with E-state index in [1.165, 1.54) is 6.20 Å². The molecule has 3 heterocycles. The van der Waals surface area contributed by atoms with Gasteiger partial charge in [-0.15, -0.1) is 0 Å². The molecule has 2 N–H and O–H groups in total. The number of likely N-dealkylation sites (tertiary alicyclic amines) is 1. The number of amides is 1. The molecule has 1 saturated heterocycles. The quantitative estimate of drug-likeness (QED) is 0.872. The Labute approximate surface area is 121 Å². The molecule has 0 spiro atoms. The monoisotopic (exact) mass is 288 g/mol. The van der Waals surface area contributed by atoms with E-state index in [-0.39, 0.29) is 11.8 Å². The van der Waals surface area contributed by atoms with E-state index >= 15 is 0 Å². The molecule has 0 radical (unpaired) electrons. The predicted molar refractivity (Wildman–Crippen MR) is 73.7 cm³/mol. The van der Waals surface area contributed by atoms with E-state index in [0.717, 1.165) is 31.1 Å². The Hall–Kier alpha value is -2.41. The molecule has 0 atom stereocenters. The minimum atomic E-state index is -0.559. The SMILES string of the molecule is Cc1cc(CN2CC(Oc3ccnc(C(N)=O)c3)C2)on1. The van der Waals surface area contributed by atoms with Crippen LogP contribution in [0.1, 0.15) is 21.9 Å². The number of primary amides is 1. The van der Waals surface area contributed by atoms with E-state index in [1.54, 1.807) is 12.1 Å². The molecule has 2 aromatic rings. The topological polar surface area (TPSA) is 94.5 Å². The first-order valence-corrected chi connectivity index (χ1v) is 6.67. The maximum atomic E-state index is 11.1. The highest BCUT2D eigenvalue weighted by molar-refractivity contribution is 5.91. The molecule has 7 nitrogen and oxygen atoms in total. The molecule has 21 heavy (non-hydrogen) atoms. The lowest BCUT2D eigenvalue weighted by Crippen LogP contribution is -2.53. The first-order valence-electron chi connectivity index (χ1n) is 6.67. The normalized spacial score (nSPS) is 15.7. The van der Waals surface area contributed by atoms with Crippen molar-refractivity contribution < 1.29 is 14.1 Å². The zero-order valence-electron chi connectivity index (χ0n) is 11.7. The number of rotatable bonds is 5. The summed E-state index contributed by atoms with van der Waals surface area (Å²) in [4.78, 5) is 17.1. The molecule has 0 unspecified atom stereocenters. The van der Waals surface area contributed by atoms with Crippen molar-refractivity contribution in [3.05, 3.63) is 41.5 Å². The third-order valence-corrected chi connectivity index (χ3v) is 3.27. The summed E-state index contributed by atoms with van der Waals surface area (Å²) in [6.07, 6.45) is 1.61. The Morgan fingerprint density at radius 2 is 2.33 bits per heavy atom. The van der Waals surface area contributed by atoms with Crippen molar-refractivity contribution in [2.24, 2.45) is 5.73 Å². The van der Waals surface area contributed by atoms with Crippen molar-refractivity contribution in [2.75, 3.05) is 13.1 Å². The van der Waals surface area contributed by atoms with Crippen LogP contribution in [0.15, 0.2) is 28.9 Å². The van der Waals surface area contributed by atoms with Crippen LogP contribution in [0.4, 0.5) is 0 Å². The Kier molecular flexibility index (Phi) is 3.57. The van der Waals surface area contributed by atoms with Gasteiger partial charge in [0.25, 0.3) is 5.91 Å². The molecular formula is C14H16N4O3. The zero-order valence-corrected chi connectivity index (χ0v) is 11.7. The summed E-state index contributed by atoms with van der Waals surface area (Å²) in [5.74, 6) is 0.904. The third-order valence-electron chi connectivity index (χ3n) is 3.27. The van der Waals surface area contributed by atoms with Crippen LogP contribution in [0.3, 0.4) is 0 Å². The number of nitrogens with two attached hydrogens (primary N) is 1. The second-order valence-electron chi connectivity index (χ2n) is 5.11. The maximum Gasteiger partial charge on any atom is 0.267 e. The third kappa shape index (κ3) is 3.19.